The maximum Gasteiger partial charge on any atom is 0.326 e. The highest BCUT2D eigenvalue weighted by atomic mass is 16.4. The van der Waals surface area contributed by atoms with E-state index in [9.17, 15) is 33.9 Å². The molecule has 4 atom stereocenters. The molecule has 2 aromatic carbocycles. The van der Waals surface area contributed by atoms with E-state index in [1.54, 1.807) is 36.5 Å². The van der Waals surface area contributed by atoms with Gasteiger partial charge >= 0.3 is 11.9 Å². The number of H-pyrrole nitrogens is 1. The Balaban J connectivity index is 1.71. The molecule has 0 fully saturated rings. The van der Waals surface area contributed by atoms with Gasteiger partial charge in [0.1, 0.15) is 18.1 Å². The normalized spacial score (nSPS) is 13.7. The van der Waals surface area contributed by atoms with Gasteiger partial charge in [0.15, 0.2) is 0 Å². The number of aromatic nitrogens is 1. The van der Waals surface area contributed by atoms with E-state index in [4.69, 9.17) is 16.6 Å². The first-order valence-electron chi connectivity index (χ1n) is 13.4. The van der Waals surface area contributed by atoms with E-state index in [0.717, 1.165) is 16.5 Å². The fraction of sp³-hybridized carbons (Fsp3) is 0.310. The molecule has 14 heteroatoms. The average molecular weight is 595 g/mol. The van der Waals surface area contributed by atoms with Crippen LogP contribution in [0.2, 0.25) is 0 Å². The van der Waals surface area contributed by atoms with Crippen molar-refractivity contribution in [2.75, 3.05) is 0 Å². The Morgan fingerprint density at radius 3 is 2.02 bits per heavy atom. The Hall–Kier alpha value is -5.24. The number of aliphatic carboxylic acids is 2. The summed E-state index contributed by atoms with van der Waals surface area (Å²) in [5.41, 5.74) is 13.6. The number of nitrogens with one attached hydrogen (secondary N) is 4. The molecule has 0 radical (unpaired) electrons. The number of benzene rings is 2. The van der Waals surface area contributed by atoms with Crippen LogP contribution in [0, 0.1) is 0 Å². The molecule has 1 aromatic heterocycles. The number of aromatic amines is 1. The quantitative estimate of drug-likeness (QED) is 0.107. The highest BCUT2D eigenvalue weighted by molar-refractivity contribution is 5.96. The molecule has 0 aliphatic heterocycles. The minimum absolute atomic E-state index is 0.0732. The summed E-state index contributed by atoms with van der Waals surface area (Å²) in [6, 6.07) is 10.3. The van der Waals surface area contributed by atoms with E-state index in [-0.39, 0.29) is 12.8 Å². The standard InChI is InChI=1S/C29H34N6O8/c30-19(13-17-15-32-20-9-5-4-8-18(17)20)26(39)34-22(14-24(31)36)28(41)33-21(10-11-25(37)38)27(40)35-23(29(42)43)12-16-6-2-1-3-7-16/h1-9,15,19,21-23,32H,10-14,30H2,(H2,31,36)(H,33,41)(H,34,39)(H,35,40)(H,37,38)(H,42,43). The lowest BCUT2D eigenvalue weighted by molar-refractivity contribution is -0.143. The number of carbonyl (C=O) groups is 6. The van der Waals surface area contributed by atoms with Crippen molar-refractivity contribution >= 4 is 46.5 Å². The van der Waals surface area contributed by atoms with Gasteiger partial charge in [0.25, 0.3) is 0 Å². The maximum absolute atomic E-state index is 13.2. The predicted octanol–water partition coefficient (Wildman–Crippen LogP) is -0.440. The van der Waals surface area contributed by atoms with Crippen LogP contribution in [0.15, 0.2) is 60.8 Å². The second-order valence-electron chi connectivity index (χ2n) is 9.98. The third-order valence-electron chi connectivity index (χ3n) is 6.67. The zero-order chi connectivity index (χ0) is 31.5. The zero-order valence-electron chi connectivity index (χ0n) is 23.1. The van der Waals surface area contributed by atoms with Crippen molar-refractivity contribution in [1.29, 1.82) is 0 Å². The maximum atomic E-state index is 13.2. The number of hydrogen-bond donors (Lipinski definition) is 8. The van der Waals surface area contributed by atoms with Gasteiger partial charge in [-0.2, -0.15) is 0 Å². The van der Waals surface area contributed by atoms with Crippen molar-refractivity contribution in [3.63, 3.8) is 0 Å². The molecule has 4 amide bonds. The first kappa shape index (κ1) is 32.3. The molecule has 0 aliphatic carbocycles. The van der Waals surface area contributed by atoms with E-state index in [0.29, 0.717) is 5.56 Å². The molecule has 3 rings (SSSR count). The van der Waals surface area contributed by atoms with Gasteiger partial charge in [0, 0.05) is 29.9 Å². The van der Waals surface area contributed by atoms with Gasteiger partial charge in [-0.05, 0) is 30.0 Å². The molecule has 43 heavy (non-hydrogen) atoms. The van der Waals surface area contributed by atoms with Crippen molar-refractivity contribution in [3.8, 4) is 0 Å². The SMILES string of the molecule is NC(=O)CC(NC(=O)C(N)Cc1c[nH]c2ccccc12)C(=O)NC(CCC(=O)O)C(=O)NC(Cc1ccccc1)C(=O)O. The second-order valence-corrected chi connectivity index (χ2v) is 9.98. The lowest BCUT2D eigenvalue weighted by Crippen LogP contribution is -2.58. The van der Waals surface area contributed by atoms with Gasteiger partial charge in [0.05, 0.1) is 12.5 Å². The van der Waals surface area contributed by atoms with Crippen LogP contribution in [0.25, 0.3) is 10.9 Å². The lowest BCUT2D eigenvalue weighted by Gasteiger charge is -2.24. The average Bonchev–Trinajstić information content (AvgIpc) is 3.37. The molecule has 10 N–H and O–H groups in total. The molecule has 0 saturated carbocycles. The Kier molecular flexibility index (Phi) is 11.3. The summed E-state index contributed by atoms with van der Waals surface area (Å²) in [4.78, 5) is 77.0. The highest BCUT2D eigenvalue weighted by Crippen LogP contribution is 2.19. The van der Waals surface area contributed by atoms with E-state index >= 15 is 0 Å². The summed E-state index contributed by atoms with van der Waals surface area (Å²) in [7, 11) is 0. The number of amides is 4. The number of carbonyl (C=O) groups excluding carboxylic acids is 4. The first-order valence-corrected chi connectivity index (χ1v) is 13.4. The fourth-order valence-electron chi connectivity index (χ4n) is 4.45. The largest absolute Gasteiger partial charge is 0.481 e. The van der Waals surface area contributed by atoms with Crippen LogP contribution in [-0.2, 0) is 41.6 Å². The number of carboxylic acids is 2. The van der Waals surface area contributed by atoms with E-state index < -0.39 is 79.0 Å². The number of fused-ring (bicyclic) bond motifs is 1. The van der Waals surface area contributed by atoms with Crippen molar-refractivity contribution in [2.45, 2.75) is 56.3 Å². The lowest BCUT2D eigenvalue weighted by atomic mass is 10.0. The van der Waals surface area contributed by atoms with Crippen molar-refractivity contribution in [2.24, 2.45) is 11.5 Å². The topological polar surface area (TPSA) is 247 Å². The molecule has 0 bridgehead atoms. The van der Waals surface area contributed by atoms with Crippen LogP contribution in [0.4, 0.5) is 0 Å². The van der Waals surface area contributed by atoms with Crippen LogP contribution in [0.5, 0.6) is 0 Å². The summed E-state index contributed by atoms with van der Waals surface area (Å²) < 4.78 is 0. The van der Waals surface area contributed by atoms with Crippen LogP contribution >= 0.6 is 0 Å². The number of nitrogens with two attached hydrogens (primary N) is 2. The Labute approximate surface area is 246 Å². The summed E-state index contributed by atoms with van der Waals surface area (Å²) >= 11 is 0. The zero-order valence-corrected chi connectivity index (χ0v) is 23.1. The van der Waals surface area contributed by atoms with Crippen molar-refractivity contribution in [3.05, 3.63) is 71.9 Å². The Morgan fingerprint density at radius 1 is 0.767 bits per heavy atom. The van der Waals surface area contributed by atoms with Crippen LogP contribution in [-0.4, -0.2) is 74.9 Å². The molecule has 0 aliphatic rings. The molecule has 0 saturated heterocycles. The monoisotopic (exact) mass is 594 g/mol. The Morgan fingerprint density at radius 2 is 1.37 bits per heavy atom. The van der Waals surface area contributed by atoms with Gasteiger partial charge in [0.2, 0.25) is 23.6 Å². The summed E-state index contributed by atoms with van der Waals surface area (Å²) in [6.45, 7) is 0. The van der Waals surface area contributed by atoms with Gasteiger partial charge in [-0.3, -0.25) is 24.0 Å². The second kappa shape index (κ2) is 15.1. The smallest absolute Gasteiger partial charge is 0.326 e. The van der Waals surface area contributed by atoms with Gasteiger partial charge in [-0.25, -0.2) is 4.79 Å². The number of para-hydroxylation sites is 1. The van der Waals surface area contributed by atoms with E-state index in [2.05, 4.69) is 20.9 Å². The molecular weight excluding hydrogens is 560 g/mol. The molecule has 14 nitrogen and oxygen atoms in total. The number of primary amides is 1. The third kappa shape index (κ3) is 9.67. The van der Waals surface area contributed by atoms with Gasteiger partial charge in [-0.1, -0.05) is 48.5 Å². The van der Waals surface area contributed by atoms with Crippen molar-refractivity contribution < 1.29 is 39.0 Å². The molecule has 228 valence electrons. The third-order valence-corrected chi connectivity index (χ3v) is 6.67. The molecule has 0 spiro atoms. The number of hydrogen-bond acceptors (Lipinski definition) is 7. The van der Waals surface area contributed by atoms with Gasteiger partial charge < -0.3 is 42.6 Å². The summed E-state index contributed by atoms with van der Waals surface area (Å²) in [5, 5.41) is 26.7. The highest BCUT2D eigenvalue weighted by Gasteiger charge is 2.31. The molecule has 4 unspecified atom stereocenters. The minimum Gasteiger partial charge on any atom is -0.481 e. The van der Waals surface area contributed by atoms with Crippen LogP contribution < -0.4 is 27.4 Å². The number of carboxylic acid groups (broad SMARTS) is 2. The molecule has 3 aromatic rings. The first-order chi connectivity index (χ1) is 20.4. The van der Waals surface area contributed by atoms with Crippen LogP contribution in [0.3, 0.4) is 0 Å². The Bertz CT molecular complexity index is 1470. The summed E-state index contributed by atoms with van der Waals surface area (Å²) in [6.07, 6.45) is 0.146. The minimum atomic E-state index is -1.54. The van der Waals surface area contributed by atoms with E-state index in [1.807, 2.05) is 24.3 Å². The van der Waals surface area contributed by atoms with Crippen molar-refractivity contribution in [1.82, 2.24) is 20.9 Å². The predicted molar refractivity (Wildman–Crippen MR) is 154 cm³/mol. The van der Waals surface area contributed by atoms with Crippen LogP contribution in [0.1, 0.15) is 30.4 Å². The molecular formula is C29H34N6O8. The number of rotatable bonds is 16. The van der Waals surface area contributed by atoms with Gasteiger partial charge in [-0.15, -0.1) is 0 Å². The fourth-order valence-corrected chi connectivity index (χ4v) is 4.45. The van der Waals surface area contributed by atoms with E-state index in [1.165, 1.54) is 0 Å². The summed E-state index contributed by atoms with van der Waals surface area (Å²) in [5.74, 6) is -6.29. The molecule has 1 heterocycles.